The van der Waals surface area contributed by atoms with Crippen LogP contribution in [0.1, 0.15) is 35.9 Å². The lowest BCUT2D eigenvalue weighted by molar-refractivity contribution is -0.142. The van der Waals surface area contributed by atoms with E-state index in [1.165, 1.54) is 30.6 Å². The lowest BCUT2D eigenvalue weighted by Crippen LogP contribution is -2.53. The van der Waals surface area contributed by atoms with Gasteiger partial charge in [-0.1, -0.05) is 41.9 Å². The molecule has 2 saturated heterocycles. The van der Waals surface area contributed by atoms with Crippen molar-refractivity contribution in [3.05, 3.63) is 117 Å². The molecule has 0 aliphatic carbocycles. The van der Waals surface area contributed by atoms with Crippen LogP contribution in [-0.4, -0.2) is 88.7 Å². The number of piperazine rings is 1. The first-order valence-corrected chi connectivity index (χ1v) is 18.0. The number of esters is 1. The Balaban J connectivity index is 1.09. The number of nitrogens with zero attached hydrogens (tertiary/aromatic N) is 5. The molecule has 2 fully saturated rings. The number of allylic oxidation sites excluding steroid dienone is 1. The molecular weight excluding hydrogens is 707 g/mol. The van der Waals surface area contributed by atoms with Crippen molar-refractivity contribution in [2.75, 3.05) is 44.7 Å². The Morgan fingerprint density at radius 3 is 2.50 bits per heavy atom. The molecule has 52 heavy (non-hydrogen) atoms. The van der Waals surface area contributed by atoms with Crippen molar-refractivity contribution in [1.29, 1.82) is 0 Å². The zero-order chi connectivity index (χ0) is 36.7. The number of carbonyl (C=O) groups is 3. The number of amides is 2. The first kappa shape index (κ1) is 35.3. The van der Waals surface area contributed by atoms with E-state index in [9.17, 15) is 23.9 Å². The number of thiazole rings is 1. The van der Waals surface area contributed by atoms with E-state index in [1.807, 2.05) is 52.8 Å². The van der Waals surface area contributed by atoms with Gasteiger partial charge in [-0.25, -0.2) is 23.9 Å². The lowest BCUT2D eigenvalue weighted by atomic mass is 9.84. The number of aromatic nitrogens is 2. The Labute approximate surface area is 309 Å². The molecule has 4 aromatic rings. The lowest BCUT2D eigenvalue weighted by Gasteiger charge is -2.38. The smallest absolute Gasteiger partial charge is 0.336 e. The monoisotopic (exact) mass is 742 g/mol. The SMILES string of the molecule is COC(=O)C1=C(CN2CCN3C(=O)N(c4ccc(-c5ccc(C(C)(C)C(=O)O)cc5)cn4)C[C@@H]3C2)NC(c2nccs2)=C[C@H]1c1ccc(F)cc1Cl. The summed E-state index contributed by atoms with van der Waals surface area (Å²) < 4.78 is 19.3. The predicted molar refractivity (Wildman–Crippen MR) is 196 cm³/mol. The van der Waals surface area contributed by atoms with Crippen LogP contribution in [0.4, 0.5) is 15.0 Å². The van der Waals surface area contributed by atoms with E-state index in [0.29, 0.717) is 66.6 Å². The fraction of sp³-hybridized carbons (Fsp3) is 0.289. The highest BCUT2D eigenvalue weighted by atomic mass is 35.5. The van der Waals surface area contributed by atoms with Crippen LogP contribution in [0.2, 0.25) is 5.02 Å². The second kappa shape index (κ2) is 14.1. The number of anilines is 1. The highest BCUT2D eigenvalue weighted by molar-refractivity contribution is 7.10. The summed E-state index contributed by atoms with van der Waals surface area (Å²) in [5.41, 5.74) is 3.69. The van der Waals surface area contributed by atoms with Crippen LogP contribution >= 0.6 is 22.9 Å². The number of benzene rings is 2. The van der Waals surface area contributed by atoms with Crippen LogP contribution < -0.4 is 10.2 Å². The molecule has 268 valence electrons. The molecule has 0 spiro atoms. The summed E-state index contributed by atoms with van der Waals surface area (Å²) in [5.74, 6) is -1.98. The number of hydrogen-bond acceptors (Lipinski definition) is 9. The number of ether oxygens (including phenoxy) is 1. The van der Waals surface area contributed by atoms with Gasteiger partial charge in [0.25, 0.3) is 0 Å². The molecule has 5 heterocycles. The second-order valence-corrected chi connectivity index (χ2v) is 14.8. The van der Waals surface area contributed by atoms with E-state index in [-0.39, 0.29) is 17.1 Å². The summed E-state index contributed by atoms with van der Waals surface area (Å²) in [6.07, 6.45) is 5.29. The van der Waals surface area contributed by atoms with E-state index < -0.39 is 29.1 Å². The highest BCUT2D eigenvalue weighted by Crippen LogP contribution is 2.39. The Hall–Kier alpha value is -5.11. The van der Waals surface area contributed by atoms with Crippen molar-refractivity contribution < 1.29 is 28.6 Å². The minimum absolute atomic E-state index is 0.115. The molecule has 14 heteroatoms. The molecule has 0 unspecified atom stereocenters. The Morgan fingerprint density at radius 1 is 1.08 bits per heavy atom. The van der Waals surface area contributed by atoms with Gasteiger partial charge >= 0.3 is 18.0 Å². The number of pyridine rings is 1. The zero-order valence-electron chi connectivity index (χ0n) is 28.7. The van der Waals surface area contributed by atoms with Crippen molar-refractivity contribution >= 4 is 52.4 Å². The van der Waals surface area contributed by atoms with Crippen molar-refractivity contribution in [2.45, 2.75) is 31.2 Å². The summed E-state index contributed by atoms with van der Waals surface area (Å²) in [6.45, 7) is 5.74. The van der Waals surface area contributed by atoms with E-state index in [0.717, 1.165) is 16.1 Å². The van der Waals surface area contributed by atoms with Gasteiger partial charge in [-0.05, 0) is 60.9 Å². The van der Waals surface area contributed by atoms with Crippen LogP contribution in [0.15, 0.2) is 89.7 Å². The average molecular weight is 743 g/mol. The van der Waals surface area contributed by atoms with E-state index >= 15 is 0 Å². The fourth-order valence-electron chi connectivity index (χ4n) is 6.92. The van der Waals surface area contributed by atoms with Gasteiger partial charge in [-0.3, -0.25) is 14.6 Å². The van der Waals surface area contributed by atoms with Crippen LogP contribution in [0.25, 0.3) is 16.8 Å². The largest absolute Gasteiger partial charge is 0.481 e. The maximum atomic E-state index is 14.1. The van der Waals surface area contributed by atoms with E-state index in [1.54, 1.807) is 37.2 Å². The number of aliphatic carboxylic acids is 1. The zero-order valence-corrected chi connectivity index (χ0v) is 30.2. The highest BCUT2D eigenvalue weighted by Gasteiger charge is 2.42. The summed E-state index contributed by atoms with van der Waals surface area (Å²) in [4.78, 5) is 53.5. The number of rotatable bonds is 9. The topological polar surface area (TPSA) is 128 Å². The molecule has 0 bridgehead atoms. The molecule has 2 N–H and O–H groups in total. The molecule has 3 aliphatic rings. The summed E-state index contributed by atoms with van der Waals surface area (Å²) >= 11 is 7.99. The molecular formula is C38H36ClFN6O5S. The number of nitrogens with one attached hydrogen (secondary N) is 1. The molecule has 2 aromatic heterocycles. The van der Waals surface area contributed by atoms with Crippen LogP contribution in [0, 0.1) is 5.82 Å². The number of halogens is 2. The summed E-state index contributed by atoms with van der Waals surface area (Å²) in [6, 6.07) is 15.0. The summed E-state index contributed by atoms with van der Waals surface area (Å²) in [7, 11) is 1.33. The number of dihydropyridines is 1. The molecule has 2 amide bonds. The number of urea groups is 1. The predicted octanol–water partition coefficient (Wildman–Crippen LogP) is 6.14. The second-order valence-electron chi connectivity index (χ2n) is 13.5. The van der Waals surface area contributed by atoms with Gasteiger partial charge in [0.05, 0.1) is 36.4 Å². The van der Waals surface area contributed by atoms with Gasteiger partial charge < -0.3 is 20.1 Å². The molecule has 11 nitrogen and oxygen atoms in total. The molecule has 0 radical (unpaired) electrons. The van der Waals surface area contributed by atoms with Gasteiger partial charge in [0.1, 0.15) is 16.6 Å². The Kier molecular flexibility index (Phi) is 9.59. The van der Waals surface area contributed by atoms with Crippen LogP contribution in [-0.2, 0) is 19.7 Å². The number of carbonyl (C=O) groups excluding carboxylic acids is 2. The fourth-order valence-corrected chi connectivity index (χ4v) is 7.83. The quantitative estimate of drug-likeness (QED) is 0.195. The van der Waals surface area contributed by atoms with E-state index in [2.05, 4.69) is 20.2 Å². The van der Waals surface area contributed by atoms with Gasteiger partial charge in [0, 0.05) is 66.2 Å². The molecule has 2 aromatic carbocycles. The van der Waals surface area contributed by atoms with Crippen molar-refractivity contribution in [1.82, 2.24) is 25.1 Å². The maximum absolute atomic E-state index is 14.1. The maximum Gasteiger partial charge on any atom is 0.336 e. The van der Waals surface area contributed by atoms with Crippen LogP contribution in [0.3, 0.4) is 0 Å². The van der Waals surface area contributed by atoms with Gasteiger partial charge in [0.15, 0.2) is 0 Å². The Bertz CT molecular complexity index is 2090. The number of carboxylic acids is 1. The third-order valence-corrected chi connectivity index (χ3v) is 11.1. The number of carboxylic acid groups (broad SMARTS) is 1. The van der Waals surface area contributed by atoms with Crippen molar-refractivity contribution in [2.24, 2.45) is 0 Å². The number of fused-ring (bicyclic) bond motifs is 1. The van der Waals surface area contributed by atoms with Gasteiger partial charge in [0.2, 0.25) is 0 Å². The molecule has 3 aliphatic heterocycles. The first-order valence-electron chi connectivity index (χ1n) is 16.7. The molecule has 0 saturated carbocycles. The van der Waals surface area contributed by atoms with Crippen molar-refractivity contribution in [3.63, 3.8) is 0 Å². The summed E-state index contributed by atoms with van der Waals surface area (Å²) in [5, 5.41) is 15.8. The first-order chi connectivity index (χ1) is 24.9. The molecule has 2 atom stereocenters. The standard InChI is InChI=1S/C38H36ClFN6O5S/c1-38(2,36(48)49)24-7-4-22(5-8-24)23-6-11-32(42-18-23)46-20-26-19-44(13-14-45(26)37(46)50)21-31-33(35(47)51-3)28(27-10-9-25(40)16-29(27)39)17-30(43-31)34-41-12-15-52-34/h4-12,15-18,26,28,43H,13-14,19-21H2,1-3H3,(H,48,49)/t26-,28-/m0/s1. The van der Waals surface area contributed by atoms with E-state index in [4.69, 9.17) is 16.3 Å². The third kappa shape index (κ3) is 6.67. The Morgan fingerprint density at radius 2 is 1.85 bits per heavy atom. The third-order valence-electron chi connectivity index (χ3n) is 9.94. The van der Waals surface area contributed by atoms with Gasteiger partial charge in [-0.15, -0.1) is 11.3 Å². The van der Waals surface area contributed by atoms with Crippen LogP contribution in [0.5, 0.6) is 0 Å². The van der Waals surface area contributed by atoms with Crippen molar-refractivity contribution in [3.8, 4) is 11.1 Å². The normalized spacial score (nSPS) is 19.3. The minimum atomic E-state index is -1.01. The number of hydrogen-bond donors (Lipinski definition) is 2. The average Bonchev–Trinajstić information content (AvgIpc) is 3.80. The number of methoxy groups -OCH3 is 1. The minimum Gasteiger partial charge on any atom is -0.481 e. The van der Waals surface area contributed by atoms with Gasteiger partial charge in [-0.2, -0.15) is 0 Å². The molecule has 7 rings (SSSR count).